The Balaban J connectivity index is 1.78. The molecular formula is C23H22BrN3O4. The fourth-order valence-electron chi connectivity index (χ4n) is 4.94. The number of H-pyrrole nitrogens is 1. The van der Waals surface area contributed by atoms with Crippen molar-refractivity contribution in [3.8, 4) is 11.5 Å². The molecule has 0 radical (unpaired) electrons. The molecule has 5 rings (SSSR count). The number of hydrogen-bond acceptors (Lipinski definition) is 4. The fraction of sp³-hybridized carbons (Fsp3) is 0.304. The molecule has 1 saturated heterocycles. The van der Waals surface area contributed by atoms with Crippen LogP contribution in [-0.2, 0) is 11.2 Å². The van der Waals surface area contributed by atoms with Gasteiger partial charge >= 0.3 is 6.03 Å². The van der Waals surface area contributed by atoms with E-state index in [2.05, 4.69) is 20.9 Å². The average Bonchev–Trinajstić information content (AvgIpc) is 3.20. The Bertz CT molecular complexity index is 1220. The highest BCUT2D eigenvalue weighted by atomic mass is 79.9. The number of methoxy groups -OCH3 is 1. The van der Waals surface area contributed by atoms with Crippen molar-refractivity contribution in [2.24, 2.45) is 0 Å². The van der Waals surface area contributed by atoms with Crippen LogP contribution in [0.5, 0.6) is 11.5 Å². The lowest BCUT2D eigenvalue weighted by Crippen LogP contribution is -2.53. The zero-order chi connectivity index (χ0) is 21.9. The molecule has 1 unspecified atom stereocenters. The van der Waals surface area contributed by atoms with Crippen LogP contribution >= 0.6 is 15.9 Å². The summed E-state index contributed by atoms with van der Waals surface area (Å²) in [5.41, 5.74) is 2.47. The number of alkyl halides is 1. The topological polar surface area (TPSA) is 85.9 Å². The van der Waals surface area contributed by atoms with Crippen LogP contribution in [0.2, 0.25) is 0 Å². The van der Waals surface area contributed by atoms with Crippen LogP contribution in [0.15, 0.2) is 42.5 Å². The Hall–Kier alpha value is -3.00. The number of halogens is 1. The van der Waals surface area contributed by atoms with Gasteiger partial charge in [0, 0.05) is 34.9 Å². The van der Waals surface area contributed by atoms with E-state index in [1.54, 1.807) is 30.2 Å². The molecule has 2 N–H and O–H groups in total. The van der Waals surface area contributed by atoms with Crippen LogP contribution in [0.1, 0.15) is 29.8 Å². The number of imide groups is 1. The van der Waals surface area contributed by atoms with E-state index in [-0.39, 0.29) is 17.7 Å². The number of phenolic OH excluding ortho intramolecular Hbond substituents is 1. The van der Waals surface area contributed by atoms with Gasteiger partial charge in [0.25, 0.3) is 5.91 Å². The number of amides is 3. The number of urea groups is 1. The summed E-state index contributed by atoms with van der Waals surface area (Å²) >= 11 is 3.35. The van der Waals surface area contributed by atoms with Crippen LogP contribution in [0, 0.1) is 0 Å². The second-order valence-corrected chi connectivity index (χ2v) is 8.97. The molecule has 160 valence electrons. The van der Waals surface area contributed by atoms with Crippen LogP contribution in [0.4, 0.5) is 4.79 Å². The highest BCUT2D eigenvalue weighted by Gasteiger charge is 2.60. The maximum atomic E-state index is 13.5. The highest BCUT2D eigenvalue weighted by Crippen LogP contribution is 2.49. The van der Waals surface area contributed by atoms with Gasteiger partial charge in [-0.1, -0.05) is 28.1 Å². The maximum Gasteiger partial charge on any atom is 0.328 e. The minimum Gasteiger partial charge on any atom is -0.508 e. The summed E-state index contributed by atoms with van der Waals surface area (Å²) < 4.78 is 5.42. The zero-order valence-electron chi connectivity index (χ0n) is 17.2. The average molecular weight is 484 g/mol. The lowest BCUT2D eigenvalue weighted by molar-refractivity contribution is -0.133. The molecule has 2 aliphatic rings. The number of hydrogen-bond donors (Lipinski definition) is 2. The molecule has 2 atom stereocenters. The van der Waals surface area contributed by atoms with Crippen LogP contribution < -0.4 is 4.74 Å². The molecule has 31 heavy (non-hydrogen) atoms. The Morgan fingerprint density at radius 2 is 2.06 bits per heavy atom. The molecular weight excluding hydrogens is 462 g/mol. The molecule has 2 aliphatic heterocycles. The SMILES string of the molecule is COc1ccc2[nH]c3c(c2c1)C[C@@]1(C)C(=O)N(CCBr)C(=O)N1C3c1cccc(O)c1. The Morgan fingerprint density at radius 3 is 2.77 bits per heavy atom. The van der Waals surface area contributed by atoms with E-state index in [9.17, 15) is 14.7 Å². The number of fused-ring (bicyclic) bond motifs is 4. The van der Waals surface area contributed by atoms with Gasteiger partial charge in [0.15, 0.2) is 0 Å². The number of aromatic nitrogens is 1. The third kappa shape index (κ3) is 2.77. The van der Waals surface area contributed by atoms with E-state index < -0.39 is 11.6 Å². The number of rotatable bonds is 4. The minimum absolute atomic E-state index is 0.111. The van der Waals surface area contributed by atoms with Crippen molar-refractivity contribution in [3.63, 3.8) is 0 Å². The van der Waals surface area contributed by atoms with Gasteiger partial charge in [-0.15, -0.1) is 0 Å². The van der Waals surface area contributed by atoms with Gasteiger partial charge in [-0.2, -0.15) is 0 Å². The summed E-state index contributed by atoms with van der Waals surface area (Å²) in [5.74, 6) is 0.634. The molecule has 7 nitrogen and oxygen atoms in total. The van der Waals surface area contributed by atoms with E-state index in [0.717, 1.165) is 33.5 Å². The number of aromatic hydroxyl groups is 1. The second-order valence-electron chi connectivity index (χ2n) is 8.18. The summed E-state index contributed by atoms with van der Waals surface area (Å²) in [4.78, 5) is 33.4. The molecule has 8 heteroatoms. The van der Waals surface area contributed by atoms with Crippen molar-refractivity contribution in [2.45, 2.75) is 24.9 Å². The molecule has 2 aromatic carbocycles. The Morgan fingerprint density at radius 1 is 1.26 bits per heavy atom. The quantitative estimate of drug-likeness (QED) is 0.434. The Labute approximate surface area is 187 Å². The second kappa shape index (κ2) is 7.02. The van der Waals surface area contributed by atoms with Crippen molar-refractivity contribution < 1.29 is 19.4 Å². The Kier molecular flexibility index (Phi) is 4.51. The third-order valence-electron chi connectivity index (χ3n) is 6.37. The third-order valence-corrected chi connectivity index (χ3v) is 6.72. The fourth-order valence-corrected chi connectivity index (χ4v) is 5.30. The number of ether oxygens (including phenoxy) is 1. The van der Waals surface area contributed by atoms with Crippen molar-refractivity contribution in [1.29, 1.82) is 0 Å². The number of nitrogens with zero attached hydrogens (tertiary/aromatic N) is 2. The summed E-state index contributed by atoms with van der Waals surface area (Å²) in [5, 5.41) is 11.6. The number of phenols is 1. The number of benzene rings is 2. The predicted octanol–water partition coefficient (Wildman–Crippen LogP) is 3.95. The first-order valence-electron chi connectivity index (χ1n) is 10.1. The van der Waals surface area contributed by atoms with Crippen molar-refractivity contribution >= 4 is 38.8 Å². The summed E-state index contributed by atoms with van der Waals surface area (Å²) in [6, 6.07) is 11.8. The molecule has 1 fully saturated rings. The first-order chi connectivity index (χ1) is 14.9. The molecule has 3 heterocycles. The largest absolute Gasteiger partial charge is 0.508 e. The molecule has 0 spiro atoms. The molecule has 3 amide bonds. The molecule has 3 aromatic rings. The smallest absolute Gasteiger partial charge is 0.328 e. The minimum atomic E-state index is -1.03. The molecule has 1 aromatic heterocycles. The monoisotopic (exact) mass is 483 g/mol. The number of carbonyl (C=O) groups excluding carboxylic acids is 2. The predicted molar refractivity (Wildman–Crippen MR) is 120 cm³/mol. The van der Waals surface area contributed by atoms with Gasteiger partial charge in [0.2, 0.25) is 0 Å². The van der Waals surface area contributed by atoms with E-state index in [1.165, 1.54) is 4.90 Å². The van der Waals surface area contributed by atoms with Crippen LogP contribution in [0.25, 0.3) is 10.9 Å². The first-order valence-corrected chi connectivity index (χ1v) is 11.2. The highest BCUT2D eigenvalue weighted by molar-refractivity contribution is 9.09. The van der Waals surface area contributed by atoms with E-state index in [1.807, 2.05) is 31.2 Å². The van der Waals surface area contributed by atoms with E-state index >= 15 is 0 Å². The van der Waals surface area contributed by atoms with Crippen molar-refractivity contribution in [3.05, 3.63) is 59.3 Å². The summed E-state index contributed by atoms with van der Waals surface area (Å²) in [6.07, 6.45) is 0.397. The van der Waals surface area contributed by atoms with Crippen molar-refractivity contribution in [1.82, 2.24) is 14.8 Å². The summed E-state index contributed by atoms with van der Waals surface area (Å²) in [7, 11) is 1.62. The first kappa shape index (κ1) is 19.9. The number of carbonyl (C=O) groups is 2. The number of aromatic amines is 1. The van der Waals surface area contributed by atoms with Gasteiger partial charge in [0.1, 0.15) is 23.1 Å². The molecule has 0 bridgehead atoms. The van der Waals surface area contributed by atoms with Gasteiger partial charge in [-0.05, 0) is 48.4 Å². The molecule has 0 saturated carbocycles. The van der Waals surface area contributed by atoms with Crippen LogP contribution in [0.3, 0.4) is 0 Å². The molecule has 0 aliphatic carbocycles. The maximum absolute atomic E-state index is 13.5. The number of nitrogens with one attached hydrogen (secondary N) is 1. The van der Waals surface area contributed by atoms with Gasteiger partial charge in [0.05, 0.1) is 7.11 Å². The lowest BCUT2D eigenvalue weighted by Gasteiger charge is -2.42. The van der Waals surface area contributed by atoms with E-state index in [0.29, 0.717) is 18.3 Å². The van der Waals surface area contributed by atoms with Crippen molar-refractivity contribution in [2.75, 3.05) is 19.0 Å². The lowest BCUT2D eigenvalue weighted by atomic mass is 9.81. The van der Waals surface area contributed by atoms with E-state index in [4.69, 9.17) is 4.74 Å². The normalized spacial score (nSPS) is 22.7. The standard InChI is InChI=1S/C23H22BrN3O4/c1-23-12-17-16-11-15(31-2)6-7-18(16)25-19(17)20(13-4-3-5-14(28)10-13)27(23)22(30)26(9-8-24)21(23)29/h3-7,10-11,20,25,28H,8-9,12H2,1-2H3/t20?,23-/m0/s1. The van der Waals surface area contributed by atoms with Gasteiger partial charge in [-0.25, -0.2) is 4.79 Å². The zero-order valence-corrected chi connectivity index (χ0v) is 18.8. The van der Waals surface area contributed by atoms with Gasteiger partial charge < -0.3 is 14.8 Å². The van der Waals surface area contributed by atoms with Crippen LogP contribution in [-0.4, -0.2) is 56.4 Å². The van der Waals surface area contributed by atoms with Gasteiger partial charge in [-0.3, -0.25) is 14.6 Å². The summed E-state index contributed by atoms with van der Waals surface area (Å²) in [6.45, 7) is 2.14.